The maximum Gasteiger partial charge on any atom is 0.360 e. The smallest absolute Gasteiger partial charge is 0.360 e. The third kappa shape index (κ3) is 2.92. The van der Waals surface area contributed by atoms with Gasteiger partial charge in [0.2, 0.25) is 0 Å². The van der Waals surface area contributed by atoms with Crippen molar-refractivity contribution in [3.63, 3.8) is 0 Å². The predicted octanol–water partition coefficient (Wildman–Crippen LogP) is 2.64. The first-order valence-electron chi connectivity index (χ1n) is 8.17. The van der Waals surface area contributed by atoms with Gasteiger partial charge in [0.1, 0.15) is 11.6 Å². The van der Waals surface area contributed by atoms with E-state index in [2.05, 4.69) is 16.5 Å². The number of nitrogen functional groups attached to an aromatic ring is 1. The molecule has 116 valence electrons. The van der Waals surface area contributed by atoms with Gasteiger partial charge in [-0.1, -0.05) is 6.92 Å². The summed E-state index contributed by atoms with van der Waals surface area (Å²) in [5, 5.41) is 0. The van der Waals surface area contributed by atoms with E-state index in [1.54, 1.807) is 6.92 Å². The monoisotopic (exact) mass is 291 g/mol. The number of imidazole rings is 1. The molecule has 5 heteroatoms. The number of hydrogen-bond donors (Lipinski definition) is 1. The molecule has 2 saturated carbocycles. The number of esters is 1. The summed E-state index contributed by atoms with van der Waals surface area (Å²) >= 11 is 0. The highest BCUT2D eigenvalue weighted by Crippen LogP contribution is 2.50. The van der Waals surface area contributed by atoms with Gasteiger partial charge in [-0.05, 0) is 50.4 Å². The Kier molecular flexibility index (Phi) is 3.91. The van der Waals surface area contributed by atoms with Crippen LogP contribution < -0.4 is 5.73 Å². The van der Waals surface area contributed by atoms with Crippen molar-refractivity contribution < 1.29 is 9.53 Å². The van der Waals surface area contributed by atoms with Crippen molar-refractivity contribution in [2.75, 3.05) is 12.3 Å². The minimum Gasteiger partial charge on any atom is -0.461 e. The zero-order valence-corrected chi connectivity index (χ0v) is 13.0. The van der Waals surface area contributed by atoms with Gasteiger partial charge < -0.3 is 15.0 Å². The van der Waals surface area contributed by atoms with E-state index in [0.29, 0.717) is 24.0 Å². The second-order valence-corrected chi connectivity index (χ2v) is 6.29. The molecule has 2 aliphatic rings. The van der Waals surface area contributed by atoms with Crippen LogP contribution in [0.2, 0.25) is 0 Å². The molecular formula is C16H25N3O2. The number of anilines is 1. The van der Waals surface area contributed by atoms with Gasteiger partial charge in [-0.3, -0.25) is 0 Å². The lowest BCUT2D eigenvalue weighted by Gasteiger charge is -2.18. The van der Waals surface area contributed by atoms with Gasteiger partial charge >= 0.3 is 5.97 Å². The van der Waals surface area contributed by atoms with E-state index in [1.165, 1.54) is 25.7 Å². The molecule has 0 aromatic carbocycles. The van der Waals surface area contributed by atoms with Crippen LogP contribution in [-0.2, 0) is 17.7 Å². The number of nitrogens with two attached hydrogens (primary N) is 1. The molecule has 1 aromatic rings. The Morgan fingerprint density at radius 1 is 1.33 bits per heavy atom. The summed E-state index contributed by atoms with van der Waals surface area (Å²) in [4.78, 5) is 16.4. The first-order valence-corrected chi connectivity index (χ1v) is 8.17. The summed E-state index contributed by atoms with van der Waals surface area (Å²) in [5.41, 5.74) is 6.49. The average Bonchev–Trinajstić information content (AvgIpc) is 3.35. The van der Waals surface area contributed by atoms with E-state index < -0.39 is 5.97 Å². The number of hydrogen-bond acceptors (Lipinski definition) is 4. The molecule has 1 aromatic heterocycles. The third-order valence-electron chi connectivity index (χ3n) is 4.72. The average molecular weight is 291 g/mol. The fraction of sp³-hybridized carbons (Fsp3) is 0.750. The molecule has 0 aliphatic heterocycles. The normalized spacial score (nSPS) is 18.2. The number of aryl methyl sites for hydroxylation is 1. The molecule has 0 atom stereocenters. The maximum absolute atomic E-state index is 11.9. The highest BCUT2D eigenvalue weighted by Gasteiger charge is 2.42. The van der Waals surface area contributed by atoms with Crippen molar-refractivity contribution in [3.8, 4) is 0 Å². The fourth-order valence-corrected chi connectivity index (χ4v) is 3.28. The summed E-state index contributed by atoms with van der Waals surface area (Å²) in [6.45, 7) is 5.11. The van der Waals surface area contributed by atoms with E-state index in [1.807, 2.05) is 0 Å². The molecule has 0 saturated heterocycles. The first kappa shape index (κ1) is 14.4. The van der Waals surface area contributed by atoms with Gasteiger partial charge in [0.15, 0.2) is 5.69 Å². The Hall–Kier alpha value is -1.52. The predicted molar refractivity (Wildman–Crippen MR) is 80.9 cm³/mol. The quantitative estimate of drug-likeness (QED) is 0.784. The molecule has 0 amide bonds. The standard InChI is InChI=1S/C16H25N3O2/c1-3-13-18-14(16(20)21-4-2)15(17)19(13)9-12(10-5-6-10)11-7-8-11/h10-12H,3-9,17H2,1-2H3. The molecule has 1 heterocycles. The number of carbonyl (C=O) groups is 1. The van der Waals surface area contributed by atoms with Crippen molar-refractivity contribution in [1.29, 1.82) is 0 Å². The van der Waals surface area contributed by atoms with Crippen LogP contribution >= 0.6 is 0 Å². The maximum atomic E-state index is 11.9. The topological polar surface area (TPSA) is 70.1 Å². The Labute approximate surface area is 125 Å². The van der Waals surface area contributed by atoms with Crippen molar-refractivity contribution in [3.05, 3.63) is 11.5 Å². The summed E-state index contributed by atoms with van der Waals surface area (Å²) in [6.07, 6.45) is 6.18. The first-order chi connectivity index (χ1) is 10.2. The van der Waals surface area contributed by atoms with Gasteiger partial charge in [0.25, 0.3) is 0 Å². The van der Waals surface area contributed by atoms with E-state index >= 15 is 0 Å². The minimum atomic E-state index is -0.405. The van der Waals surface area contributed by atoms with Crippen molar-refractivity contribution in [1.82, 2.24) is 9.55 Å². The van der Waals surface area contributed by atoms with Crippen LogP contribution in [-0.4, -0.2) is 22.1 Å². The van der Waals surface area contributed by atoms with Gasteiger partial charge in [-0.25, -0.2) is 9.78 Å². The van der Waals surface area contributed by atoms with E-state index in [9.17, 15) is 4.79 Å². The molecular weight excluding hydrogens is 266 g/mol. The fourth-order valence-electron chi connectivity index (χ4n) is 3.28. The van der Waals surface area contributed by atoms with E-state index in [-0.39, 0.29) is 0 Å². The minimum absolute atomic E-state index is 0.291. The number of carbonyl (C=O) groups excluding carboxylic acids is 1. The second-order valence-electron chi connectivity index (χ2n) is 6.29. The Bertz CT molecular complexity index is 518. The molecule has 0 unspecified atom stereocenters. The molecule has 2 N–H and O–H groups in total. The lowest BCUT2D eigenvalue weighted by molar-refractivity contribution is 0.0521. The summed E-state index contributed by atoms with van der Waals surface area (Å²) in [7, 11) is 0. The van der Waals surface area contributed by atoms with E-state index in [4.69, 9.17) is 10.5 Å². The van der Waals surface area contributed by atoms with Crippen molar-refractivity contribution in [2.24, 2.45) is 17.8 Å². The molecule has 0 bridgehead atoms. The SMILES string of the molecule is CCOC(=O)c1nc(CC)n(CC(C2CC2)C2CC2)c1N. The van der Waals surface area contributed by atoms with Crippen LogP contribution in [0.3, 0.4) is 0 Å². The largest absolute Gasteiger partial charge is 0.461 e. The molecule has 0 spiro atoms. The van der Waals surface area contributed by atoms with Crippen LogP contribution in [0.5, 0.6) is 0 Å². The van der Waals surface area contributed by atoms with Gasteiger partial charge in [0.05, 0.1) is 6.61 Å². The van der Waals surface area contributed by atoms with Gasteiger partial charge in [-0.2, -0.15) is 0 Å². The lowest BCUT2D eigenvalue weighted by atomic mass is 9.98. The highest BCUT2D eigenvalue weighted by atomic mass is 16.5. The molecule has 3 rings (SSSR count). The molecule has 0 radical (unpaired) electrons. The number of nitrogens with zero attached hydrogens (tertiary/aromatic N) is 2. The summed E-state index contributed by atoms with van der Waals surface area (Å²) in [5.74, 6) is 3.41. The Morgan fingerprint density at radius 3 is 2.43 bits per heavy atom. The summed E-state index contributed by atoms with van der Waals surface area (Å²) < 4.78 is 7.11. The third-order valence-corrected chi connectivity index (χ3v) is 4.72. The zero-order valence-electron chi connectivity index (χ0n) is 13.0. The summed E-state index contributed by atoms with van der Waals surface area (Å²) in [6, 6.07) is 0. The second kappa shape index (κ2) is 5.70. The Morgan fingerprint density at radius 2 is 1.95 bits per heavy atom. The number of ether oxygens (including phenoxy) is 1. The van der Waals surface area contributed by atoms with Crippen LogP contribution in [0, 0.1) is 17.8 Å². The molecule has 21 heavy (non-hydrogen) atoms. The van der Waals surface area contributed by atoms with Crippen LogP contribution in [0.4, 0.5) is 5.82 Å². The van der Waals surface area contributed by atoms with Crippen LogP contribution in [0.1, 0.15) is 55.8 Å². The van der Waals surface area contributed by atoms with Crippen LogP contribution in [0.15, 0.2) is 0 Å². The van der Waals surface area contributed by atoms with Gasteiger partial charge in [-0.15, -0.1) is 0 Å². The Balaban J connectivity index is 1.84. The van der Waals surface area contributed by atoms with Gasteiger partial charge in [0, 0.05) is 13.0 Å². The van der Waals surface area contributed by atoms with Crippen LogP contribution in [0.25, 0.3) is 0 Å². The molecule has 2 aliphatic carbocycles. The zero-order chi connectivity index (χ0) is 15.0. The molecule has 5 nitrogen and oxygen atoms in total. The van der Waals surface area contributed by atoms with Crippen molar-refractivity contribution in [2.45, 2.75) is 52.5 Å². The number of rotatable bonds is 7. The lowest BCUT2D eigenvalue weighted by Crippen LogP contribution is -2.18. The number of aromatic nitrogens is 2. The molecule has 2 fully saturated rings. The highest BCUT2D eigenvalue weighted by molar-refractivity contribution is 5.92. The van der Waals surface area contributed by atoms with Crippen molar-refractivity contribution >= 4 is 11.8 Å². The van der Waals surface area contributed by atoms with E-state index in [0.717, 1.165) is 30.6 Å².